The summed E-state index contributed by atoms with van der Waals surface area (Å²) in [5.74, 6) is 2.86. The number of likely N-dealkylation sites (tertiary alicyclic amines) is 1. The summed E-state index contributed by atoms with van der Waals surface area (Å²) in [6, 6.07) is 0.687. The van der Waals surface area contributed by atoms with Gasteiger partial charge in [0, 0.05) is 32.2 Å². The highest BCUT2D eigenvalue weighted by Crippen LogP contribution is 2.34. The molecule has 0 bridgehead atoms. The molecule has 1 N–H and O–H groups in total. The van der Waals surface area contributed by atoms with Gasteiger partial charge in [0.2, 0.25) is 0 Å². The first-order valence-electron chi connectivity index (χ1n) is 9.49. The first kappa shape index (κ1) is 21.0. The highest BCUT2D eigenvalue weighted by molar-refractivity contribution is 14.0. The van der Waals surface area contributed by atoms with Crippen LogP contribution >= 0.6 is 24.0 Å². The third-order valence-corrected chi connectivity index (χ3v) is 5.20. The maximum Gasteiger partial charge on any atom is 0.194 e. The van der Waals surface area contributed by atoms with Crippen molar-refractivity contribution in [2.45, 2.75) is 59.4 Å². The molecule has 5 heteroatoms. The van der Waals surface area contributed by atoms with Crippen LogP contribution in [0, 0.1) is 11.8 Å². The van der Waals surface area contributed by atoms with Gasteiger partial charge >= 0.3 is 0 Å². The Morgan fingerprint density at radius 2 is 1.96 bits per heavy atom. The third-order valence-electron chi connectivity index (χ3n) is 5.20. The Hall–Kier alpha value is -0.0400. The number of rotatable bonds is 8. The number of guanidine groups is 1. The van der Waals surface area contributed by atoms with E-state index in [-0.39, 0.29) is 24.0 Å². The first-order chi connectivity index (χ1) is 10.7. The van der Waals surface area contributed by atoms with Crippen molar-refractivity contribution in [2.75, 3.05) is 39.3 Å². The van der Waals surface area contributed by atoms with Crippen molar-refractivity contribution in [2.24, 2.45) is 16.8 Å². The summed E-state index contributed by atoms with van der Waals surface area (Å²) >= 11 is 0. The van der Waals surface area contributed by atoms with Crippen molar-refractivity contribution in [3.63, 3.8) is 0 Å². The van der Waals surface area contributed by atoms with E-state index in [1.165, 1.54) is 64.4 Å². The second kappa shape index (κ2) is 10.7. The molecule has 3 unspecified atom stereocenters. The molecule has 1 heterocycles. The smallest absolute Gasteiger partial charge is 0.194 e. The van der Waals surface area contributed by atoms with Crippen molar-refractivity contribution in [3.8, 4) is 0 Å². The van der Waals surface area contributed by atoms with Gasteiger partial charge in [0.15, 0.2) is 5.96 Å². The van der Waals surface area contributed by atoms with E-state index < -0.39 is 0 Å². The van der Waals surface area contributed by atoms with Crippen molar-refractivity contribution in [1.29, 1.82) is 0 Å². The van der Waals surface area contributed by atoms with E-state index in [1.54, 1.807) is 0 Å². The summed E-state index contributed by atoms with van der Waals surface area (Å²) in [5.41, 5.74) is 0. The van der Waals surface area contributed by atoms with Gasteiger partial charge in [0.25, 0.3) is 0 Å². The van der Waals surface area contributed by atoms with Crippen LogP contribution in [0.4, 0.5) is 0 Å². The highest BCUT2D eigenvalue weighted by Gasteiger charge is 2.38. The SMILES string of the molecule is CCCC1CC1NC(=NCC)N1CCC(CN(CC)CC)C1.I. The second-order valence-electron chi connectivity index (χ2n) is 6.92. The van der Waals surface area contributed by atoms with Crippen molar-refractivity contribution >= 4 is 29.9 Å². The van der Waals surface area contributed by atoms with Gasteiger partial charge in [0.05, 0.1) is 0 Å². The van der Waals surface area contributed by atoms with E-state index in [2.05, 4.69) is 42.8 Å². The molecule has 136 valence electrons. The molecule has 1 aliphatic carbocycles. The van der Waals surface area contributed by atoms with Gasteiger partial charge in [0.1, 0.15) is 0 Å². The van der Waals surface area contributed by atoms with Crippen molar-refractivity contribution < 1.29 is 0 Å². The summed E-state index contributed by atoms with van der Waals surface area (Å²) in [7, 11) is 0. The molecule has 23 heavy (non-hydrogen) atoms. The Morgan fingerprint density at radius 1 is 1.22 bits per heavy atom. The van der Waals surface area contributed by atoms with E-state index in [4.69, 9.17) is 4.99 Å². The molecule has 1 aliphatic heterocycles. The van der Waals surface area contributed by atoms with Crippen LogP contribution in [0.3, 0.4) is 0 Å². The van der Waals surface area contributed by atoms with Crippen LogP contribution in [0.25, 0.3) is 0 Å². The average Bonchev–Trinajstić information content (AvgIpc) is 3.08. The fourth-order valence-electron chi connectivity index (χ4n) is 3.69. The van der Waals surface area contributed by atoms with E-state index in [0.29, 0.717) is 6.04 Å². The van der Waals surface area contributed by atoms with Gasteiger partial charge in [-0.25, -0.2) is 0 Å². The monoisotopic (exact) mass is 436 g/mol. The summed E-state index contributed by atoms with van der Waals surface area (Å²) < 4.78 is 0. The lowest BCUT2D eigenvalue weighted by Crippen LogP contribution is -2.42. The van der Waals surface area contributed by atoms with Gasteiger partial charge in [-0.15, -0.1) is 24.0 Å². The van der Waals surface area contributed by atoms with E-state index in [1.807, 2.05) is 0 Å². The molecular formula is C18H37IN4. The zero-order valence-corrected chi connectivity index (χ0v) is 17.9. The van der Waals surface area contributed by atoms with Crippen LogP contribution < -0.4 is 5.32 Å². The Kier molecular flexibility index (Phi) is 9.82. The lowest BCUT2D eigenvalue weighted by atomic mass is 10.1. The Morgan fingerprint density at radius 3 is 2.57 bits per heavy atom. The molecule has 3 atom stereocenters. The fourth-order valence-corrected chi connectivity index (χ4v) is 3.69. The maximum absolute atomic E-state index is 4.75. The van der Waals surface area contributed by atoms with Crippen molar-refractivity contribution in [3.05, 3.63) is 0 Å². The summed E-state index contributed by atoms with van der Waals surface area (Å²) in [4.78, 5) is 9.80. The Balaban J connectivity index is 0.00000264. The fraction of sp³-hybridized carbons (Fsp3) is 0.944. The molecule has 2 fully saturated rings. The maximum atomic E-state index is 4.75. The first-order valence-corrected chi connectivity index (χ1v) is 9.49. The predicted molar refractivity (Wildman–Crippen MR) is 111 cm³/mol. The molecule has 4 nitrogen and oxygen atoms in total. The van der Waals surface area contributed by atoms with Gasteiger partial charge in [-0.1, -0.05) is 27.2 Å². The highest BCUT2D eigenvalue weighted by atomic mass is 127. The minimum atomic E-state index is 0. The minimum absolute atomic E-state index is 0. The van der Waals surface area contributed by atoms with Crippen LogP contribution in [0.15, 0.2) is 4.99 Å². The predicted octanol–water partition coefficient (Wildman–Crippen LogP) is 3.42. The largest absolute Gasteiger partial charge is 0.353 e. The van der Waals surface area contributed by atoms with Gasteiger partial charge in [-0.05, 0) is 51.1 Å². The van der Waals surface area contributed by atoms with Crippen molar-refractivity contribution in [1.82, 2.24) is 15.1 Å². The molecule has 0 aromatic carbocycles. The molecule has 2 aliphatic rings. The molecular weight excluding hydrogens is 399 g/mol. The number of halogens is 1. The average molecular weight is 436 g/mol. The van der Waals surface area contributed by atoms with E-state index in [9.17, 15) is 0 Å². The zero-order valence-electron chi connectivity index (χ0n) is 15.6. The Bertz CT molecular complexity index is 357. The van der Waals surface area contributed by atoms with Crippen LogP contribution in [0.5, 0.6) is 0 Å². The number of nitrogens with zero attached hydrogens (tertiary/aromatic N) is 3. The van der Waals surface area contributed by atoms with E-state index in [0.717, 1.165) is 18.4 Å². The van der Waals surface area contributed by atoms with Gasteiger partial charge < -0.3 is 15.1 Å². The van der Waals surface area contributed by atoms with Crippen LogP contribution in [0.2, 0.25) is 0 Å². The van der Waals surface area contributed by atoms with Crippen LogP contribution in [0.1, 0.15) is 53.4 Å². The van der Waals surface area contributed by atoms with Crippen LogP contribution in [-0.2, 0) is 0 Å². The molecule has 1 saturated carbocycles. The van der Waals surface area contributed by atoms with Crippen LogP contribution in [-0.4, -0.2) is 61.1 Å². The van der Waals surface area contributed by atoms with E-state index >= 15 is 0 Å². The molecule has 0 aromatic heterocycles. The summed E-state index contributed by atoms with van der Waals surface area (Å²) in [5, 5.41) is 3.73. The Labute approximate surface area is 160 Å². The standard InChI is InChI=1S/C18H36N4.HI/c1-5-9-16-12-17(16)20-18(19-6-2)22-11-10-15(14-22)13-21(7-3)8-4;/h15-17H,5-14H2,1-4H3,(H,19,20);1H. The minimum Gasteiger partial charge on any atom is -0.353 e. The second-order valence-corrected chi connectivity index (χ2v) is 6.92. The lowest BCUT2D eigenvalue weighted by Gasteiger charge is -2.24. The normalized spacial score (nSPS) is 27.3. The summed E-state index contributed by atoms with van der Waals surface area (Å²) in [6.07, 6.45) is 5.32. The molecule has 0 spiro atoms. The molecule has 0 aromatic rings. The number of hydrogen-bond acceptors (Lipinski definition) is 2. The summed E-state index contributed by atoms with van der Waals surface area (Å²) in [6.45, 7) is 15.8. The molecule has 0 radical (unpaired) electrons. The van der Waals surface area contributed by atoms with Gasteiger partial charge in [-0.2, -0.15) is 0 Å². The quantitative estimate of drug-likeness (QED) is 0.360. The zero-order chi connectivity index (χ0) is 15.9. The molecule has 1 saturated heterocycles. The number of hydrogen-bond donors (Lipinski definition) is 1. The third kappa shape index (κ3) is 6.40. The molecule has 2 rings (SSSR count). The topological polar surface area (TPSA) is 30.9 Å². The van der Waals surface area contributed by atoms with Gasteiger partial charge in [-0.3, -0.25) is 4.99 Å². The molecule has 0 amide bonds. The number of aliphatic imine (C=N–C) groups is 1. The number of nitrogens with one attached hydrogen (secondary N) is 1. The lowest BCUT2D eigenvalue weighted by molar-refractivity contribution is 0.255.